The van der Waals surface area contributed by atoms with E-state index in [-0.39, 0.29) is 17.1 Å². The van der Waals surface area contributed by atoms with Crippen LogP contribution in [0.1, 0.15) is 18.1 Å². The van der Waals surface area contributed by atoms with Crippen LogP contribution >= 0.6 is 0 Å². The van der Waals surface area contributed by atoms with Gasteiger partial charge in [0.05, 0.1) is 23.5 Å². The summed E-state index contributed by atoms with van der Waals surface area (Å²) in [5.41, 5.74) is 0.872. The van der Waals surface area contributed by atoms with Gasteiger partial charge in [-0.3, -0.25) is 10.1 Å². The topological polar surface area (TPSA) is 99.0 Å². The fraction of sp³-hybridized carbons (Fsp3) is 0.333. The summed E-state index contributed by atoms with van der Waals surface area (Å²) in [6, 6.07) is 8.97. The number of hydrogen-bond donors (Lipinski definition) is 0. The summed E-state index contributed by atoms with van der Waals surface area (Å²) in [6.45, 7) is 4.02. The number of benzene rings is 2. The standard InChI is InChI=1S/C18H22N2O6S/c1-5-26-16-9-7-14(10-17(16)25-4)12-19(3)27(23,24)18-11-15(20(21)22)8-6-13(18)2/h6-11H,5,12H2,1-4H3. The third-order valence-corrected chi connectivity index (χ3v) is 5.95. The molecule has 2 rings (SSSR count). The summed E-state index contributed by atoms with van der Waals surface area (Å²) in [7, 11) is -0.971. The van der Waals surface area contributed by atoms with E-state index in [1.807, 2.05) is 6.92 Å². The Kier molecular flexibility index (Phi) is 6.40. The number of non-ortho nitro benzene ring substituents is 1. The van der Waals surface area contributed by atoms with Crippen LogP contribution in [0.5, 0.6) is 11.5 Å². The van der Waals surface area contributed by atoms with Gasteiger partial charge in [-0.25, -0.2) is 8.42 Å². The molecule has 0 fully saturated rings. The van der Waals surface area contributed by atoms with Crippen LogP contribution in [0.25, 0.3) is 0 Å². The number of nitro groups is 1. The van der Waals surface area contributed by atoms with Crippen molar-refractivity contribution < 1.29 is 22.8 Å². The molecule has 0 aliphatic heterocycles. The molecule has 0 aliphatic carbocycles. The van der Waals surface area contributed by atoms with Gasteiger partial charge in [-0.2, -0.15) is 4.31 Å². The van der Waals surface area contributed by atoms with Gasteiger partial charge in [0.25, 0.3) is 5.69 Å². The molecule has 0 spiro atoms. The maximum atomic E-state index is 12.9. The summed E-state index contributed by atoms with van der Waals surface area (Å²) >= 11 is 0. The van der Waals surface area contributed by atoms with E-state index in [2.05, 4.69) is 0 Å². The minimum atomic E-state index is -3.91. The first-order valence-corrected chi connectivity index (χ1v) is 9.65. The Balaban J connectivity index is 2.33. The maximum absolute atomic E-state index is 12.9. The number of aryl methyl sites for hydroxylation is 1. The Morgan fingerprint density at radius 1 is 1.15 bits per heavy atom. The molecular weight excluding hydrogens is 372 g/mol. The summed E-state index contributed by atoms with van der Waals surface area (Å²) < 4.78 is 37.7. The fourth-order valence-electron chi connectivity index (χ4n) is 2.58. The highest BCUT2D eigenvalue weighted by molar-refractivity contribution is 7.89. The summed E-state index contributed by atoms with van der Waals surface area (Å²) in [6.07, 6.45) is 0. The second-order valence-electron chi connectivity index (χ2n) is 5.89. The van der Waals surface area contributed by atoms with E-state index in [0.29, 0.717) is 29.2 Å². The van der Waals surface area contributed by atoms with E-state index < -0.39 is 14.9 Å². The van der Waals surface area contributed by atoms with Gasteiger partial charge in [0.15, 0.2) is 11.5 Å². The normalized spacial score (nSPS) is 11.4. The van der Waals surface area contributed by atoms with Crippen LogP contribution in [0.15, 0.2) is 41.3 Å². The van der Waals surface area contributed by atoms with Crippen LogP contribution in [0.3, 0.4) is 0 Å². The molecule has 0 radical (unpaired) electrons. The molecule has 0 aromatic heterocycles. The highest BCUT2D eigenvalue weighted by Crippen LogP contribution is 2.30. The van der Waals surface area contributed by atoms with Crippen LogP contribution in [0.2, 0.25) is 0 Å². The van der Waals surface area contributed by atoms with Gasteiger partial charge < -0.3 is 9.47 Å². The maximum Gasteiger partial charge on any atom is 0.270 e. The molecule has 0 atom stereocenters. The van der Waals surface area contributed by atoms with Gasteiger partial charge in [0.2, 0.25) is 10.0 Å². The van der Waals surface area contributed by atoms with E-state index in [1.165, 1.54) is 26.3 Å². The predicted molar refractivity (Wildman–Crippen MR) is 101 cm³/mol. The van der Waals surface area contributed by atoms with Gasteiger partial charge >= 0.3 is 0 Å². The lowest BCUT2D eigenvalue weighted by atomic mass is 10.2. The molecule has 146 valence electrons. The van der Waals surface area contributed by atoms with E-state index in [1.54, 1.807) is 25.1 Å². The van der Waals surface area contributed by atoms with Crippen molar-refractivity contribution in [2.24, 2.45) is 0 Å². The first-order valence-electron chi connectivity index (χ1n) is 8.21. The average molecular weight is 394 g/mol. The minimum Gasteiger partial charge on any atom is -0.493 e. The van der Waals surface area contributed by atoms with Crippen molar-refractivity contribution in [1.82, 2.24) is 4.31 Å². The molecule has 8 nitrogen and oxygen atoms in total. The van der Waals surface area contributed by atoms with Crippen LogP contribution < -0.4 is 9.47 Å². The lowest BCUT2D eigenvalue weighted by Gasteiger charge is -2.19. The van der Waals surface area contributed by atoms with E-state index in [0.717, 1.165) is 10.4 Å². The number of ether oxygens (including phenoxy) is 2. The number of rotatable bonds is 8. The van der Waals surface area contributed by atoms with Crippen LogP contribution in [0.4, 0.5) is 5.69 Å². The van der Waals surface area contributed by atoms with Crippen LogP contribution in [0, 0.1) is 17.0 Å². The van der Waals surface area contributed by atoms with Crippen molar-refractivity contribution >= 4 is 15.7 Å². The molecule has 9 heteroatoms. The lowest BCUT2D eigenvalue weighted by Crippen LogP contribution is -2.27. The third kappa shape index (κ3) is 4.55. The van der Waals surface area contributed by atoms with Gasteiger partial charge in [-0.15, -0.1) is 0 Å². The monoisotopic (exact) mass is 394 g/mol. The third-order valence-electron chi connectivity index (χ3n) is 4.00. The smallest absolute Gasteiger partial charge is 0.270 e. The number of methoxy groups -OCH3 is 1. The van der Waals surface area contributed by atoms with Crippen molar-refractivity contribution in [2.75, 3.05) is 20.8 Å². The molecule has 27 heavy (non-hydrogen) atoms. The number of hydrogen-bond acceptors (Lipinski definition) is 6. The molecule has 0 N–H and O–H groups in total. The molecule has 0 saturated carbocycles. The number of nitro benzene ring substituents is 1. The van der Waals surface area contributed by atoms with Crippen molar-refractivity contribution in [3.05, 3.63) is 57.6 Å². The van der Waals surface area contributed by atoms with Crippen molar-refractivity contribution in [2.45, 2.75) is 25.3 Å². The van der Waals surface area contributed by atoms with Gasteiger partial charge in [-0.05, 0) is 37.1 Å². The molecule has 0 bridgehead atoms. The van der Waals surface area contributed by atoms with Gasteiger partial charge in [0, 0.05) is 25.7 Å². The Labute approximate surface area is 158 Å². The first-order chi connectivity index (χ1) is 12.7. The lowest BCUT2D eigenvalue weighted by molar-refractivity contribution is -0.385. The van der Waals surface area contributed by atoms with Crippen molar-refractivity contribution in [1.29, 1.82) is 0 Å². The molecule has 2 aromatic carbocycles. The SMILES string of the molecule is CCOc1ccc(CN(C)S(=O)(=O)c2cc([N+](=O)[O-])ccc2C)cc1OC. The zero-order valence-corrected chi connectivity index (χ0v) is 16.4. The van der Waals surface area contributed by atoms with E-state index in [4.69, 9.17) is 9.47 Å². The fourth-order valence-corrected chi connectivity index (χ4v) is 3.97. The molecule has 0 heterocycles. The largest absolute Gasteiger partial charge is 0.493 e. The molecule has 0 aliphatic rings. The van der Waals surface area contributed by atoms with Gasteiger partial charge in [0.1, 0.15) is 0 Å². The Morgan fingerprint density at radius 3 is 2.44 bits per heavy atom. The first kappa shape index (κ1) is 20.7. The van der Waals surface area contributed by atoms with Crippen molar-refractivity contribution in [3.8, 4) is 11.5 Å². The van der Waals surface area contributed by atoms with Crippen molar-refractivity contribution in [3.63, 3.8) is 0 Å². The highest BCUT2D eigenvalue weighted by atomic mass is 32.2. The quantitative estimate of drug-likeness (QED) is 0.504. The van der Waals surface area contributed by atoms with Crippen LogP contribution in [-0.4, -0.2) is 38.4 Å². The van der Waals surface area contributed by atoms with E-state index >= 15 is 0 Å². The molecule has 0 unspecified atom stereocenters. The average Bonchev–Trinajstić information content (AvgIpc) is 2.63. The molecule has 2 aromatic rings. The number of nitrogens with zero attached hydrogens (tertiary/aromatic N) is 2. The van der Waals surface area contributed by atoms with E-state index in [9.17, 15) is 18.5 Å². The Bertz CT molecular complexity index is 943. The number of sulfonamides is 1. The van der Waals surface area contributed by atoms with Crippen LogP contribution in [-0.2, 0) is 16.6 Å². The second-order valence-corrected chi connectivity index (χ2v) is 7.90. The molecular formula is C18H22N2O6S. The highest BCUT2D eigenvalue weighted by Gasteiger charge is 2.25. The molecule has 0 amide bonds. The zero-order chi connectivity index (χ0) is 20.2. The zero-order valence-electron chi connectivity index (χ0n) is 15.6. The molecule has 0 saturated heterocycles. The second kappa shape index (κ2) is 8.36. The summed E-state index contributed by atoms with van der Waals surface area (Å²) in [5.74, 6) is 1.08. The summed E-state index contributed by atoms with van der Waals surface area (Å²) in [5, 5.41) is 11.0. The Morgan fingerprint density at radius 2 is 1.85 bits per heavy atom. The predicted octanol–water partition coefficient (Wildman–Crippen LogP) is 3.13. The van der Waals surface area contributed by atoms with Gasteiger partial charge in [-0.1, -0.05) is 12.1 Å². The minimum absolute atomic E-state index is 0.0766. The summed E-state index contributed by atoms with van der Waals surface area (Å²) in [4.78, 5) is 10.3. The Hall–Kier alpha value is -2.65.